The number of rotatable bonds is 7. The number of H-pyrrole nitrogens is 1. The normalized spacial score (nSPS) is 10.9. The molecule has 2 N–H and O–H groups in total. The average molecular weight is 420 g/mol. The van der Waals surface area contributed by atoms with Gasteiger partial charge in [0.05, 0.1) is 31.1 Å². The number of fused-ring (bicyclic) bond motifs is 1. The molecule has 2 heterocycles. The molecule has 0 spiro atoms. The van der Waals surface area contributed by atoms with Gasteiger partial charge in [-0.15, -0.1) is 23.1 Å². The fourth-order valence-corrected chi connectivity index (χ4v) is 4.42. The van der Waals surface area contributed by atoms with Crippen molar-refractivity contribution in [2.75, 3.05) is 25.3 Å². The highest BCUT2D eigenvalue weighted by Gasteiger charge is 2.12. The van der Waals surface area contributed by atoms with Crippen LogP contribution in [0.1, 0.15) is 16.3 Å². The molecule has 0 fully saturated rings. The van der Waals surface area contributed by atoms with Gasteiger partial charge in [-0.05, 0) is 19.4 Å². The molecule has 0 aliphatic rings. The minimum atomic E-state index is -0.161. The SMILES string of the molecule is COc1cc(NC(=O)CSCc2nc3sc(C)c(C)c3c(=O)[nH]2)cc(OC)c1. The van der Waals surface area contributed by atoms with Gasteiger partial charge in [0, 0.05) is 28.8 Å². The number of amides is 1. The van der Waals surface area contributed by atoms with Gasteiger partial charge in [-0.2, -0.15) is 0 Å². The number of anilines is 1. The minimum Gasteiger partial charge on any atom is -0.497 e. The van der Waals surface area contributed by atoms with Crippen LogP contribution < -0.4 is 20.3 Å². The van der Waals surface area contributed by atoms with E-state index in [-0.39, 0.29) is 17.2 Å². The highest BCUT2D eigenvalue weighted by Crippen LogP contribution is 2.27. The van der Waals surface area contributed by atoms with Crippen molar-refractivity contribution in [1.29, 1.82) is 0 Å². The van der Waals surface area contributed by atoms with Crippen LogP contribution in [0, 0.1) is 13.8 Å². The minimum absolute atomic E-state index is 0.129. The van der Waals surface area contributed by atoms with E-state index in [0.717, 1.165) is 15.3 Å². The van der Waals surface area contributed by atoms with E-state index in [9.17, 15) is 9.59 Å². The molecule has 2 aromatic heterocycles. The van der Waals surface area contributed by atoms with Crippen molar-refractivity contribution in [3.05, 3.63) is 44.8 Å². The lowest BCUT2D eigenvalue weighted by Gasteiger charge is -2.09. The molecule has 3 rings (SSSR count). The zero-order valence-corrected chi connectivity index (χ0v) is 17.7. The Morgan fingerprint density at radius 3 is 2.54 bits per heavy atom. The number of ether oxygens (including phenoxy) is 2. The van der Waals surface area contributed by atoms with Gasteiger partial charge in [-0.1, -0.05) is 0 Å². The van der Waals surface area contributed by atoms with E-state index in [0.29, 0.717) is 34.1 Å². The number of carbonyl (C=O) groups excluding carboxylic acids is 1. The molecule has 0 aliphatic heterocycles. The topological polar surface area (TPSA) is 93.3 Å². The van der Waals surface area contributed by atoms with E-state index in [1.807, 2.05) is 13.8 Å². The third kappa shape index (κ3) is 4.48. The number of aromatic nitrogens is 2. The van der Waals surface area contributed by atoms with Gasteiger partial charge in [0.1, 0.15) is 22.2 Å². The summed E-state index contributed by atoms with van der Waals surface area (Å²) in [7, 11) is 3.11. The molecule has 7 nitrogen and oxygen atoms in total. The Morgan fingerprint density at radius 1 is 1.21 bits per heavy atom. The summed E-state index contributed by atoms with van der Waals surface area (Å²) in [5.74, 6) is 2.27. The number of thioether (sulfide) groups is 1. The Balaban J connectivity index is 1.61. The third-order valence-corrected chi connectivity index (χ3v) is 6.24. The highest BCUT2D eigenvalue weighted by molar-refractivity contribution is 7.99. The zero-order valence-electron chi connectivity index (χ0n) is 16.0. The summed E-state index contributed by atoms with van der Waals surface area (Å²) >= 11 is 2.89. The van der Waals surface area contributed by atoms with Crippen LogP contribution in [0.3, 0.4) is 0 Å². The number of hydrogen-bond donors (Lipinski definition) is 2. The van der Waals surface area contributed by atoms with Crippen LogP contribution in [0.15, 0.2) is 23.0 Å². The van der Waals surface area contributed by atoms with Crippen molar-refractivity contribution in [1.82, 2.24) is 9.97 Å². The summed E-state index contributed by atoms with van der Waals surface area (Å²) in [4.78, 5) is 33.7. The summed E-state index contributed by atoms with van der Waals surface area (Å²) in [6.07, 6.45) is 0. The Morgan fingerprint density at radius 2 is 1.89 bits per heavy atom. The van der Waals surface area contributed by atoms with Crippen LogP contribution in [0.4, 0.5) is 5.69 Å². The van der Waals surface area contributed by atoms with E-state index in [2.05, 4.69) is 15.3 Å². The largest absolute Gasteiger partial charge is 0.497 e. The second kappa shape index (κ2) is 8.66. The summed E-state index contributed by atoms with van der Waals surface area (Å²) in [5.41, 5.74) is 1.44. The van der Waals surface area contributed by atoms with E-state index >= 15 is 0 Å². The van der Waals surface area contributed by atoms with Gasteiger partial charge < -0.3 is 19.8 Å². The van der Waals surface area contributed by atoms with Crippen LogP contribution in [0.25, 0.3) is 10.2 Å². The van der Waals surface area contributed by atoms with E-state index in [1.54, 1.807) is 32.4 Å². The molecule has 0 aliphatic carbocycles. The Bertz CT molecular complexity index is 1050. The van der Waals surface area contributed by atoms with Gasteiger partial charge in [-0.25, -0.2) is 4.98 Å². The molecule has 0 atom stereocenters. The molecular weight excluding hydrogens is 398 g/mol. The lowest BCUT2D eigenvalue weighted by atomic mass is 10.2. The van der Waals surface area contributed by atoms with Crippen molar-refractivity contribution in [3.8, 4) is 11.5 Å². The molecule has 0 saturated heterocycles. The van der Waals surface area contributed by atoms with Crippen molar-refractivity contribution in [2.24, 2.45) is 0 Å². The number of hydrogen-bond acceptors (Lipinski definition) is 7. The maximum atomic E-state index is 12.3. The Labute approximate surface area is 170 Å². The van der Waals surface area contributed by atoms with Gasteiger partial charge in [-0.3, -0.25) is 9.59 Å². The predicted molar refractivity (Wildman–Crippen MR) is 114 cm³/mol. The summed E-state index contributed by atoms with van der Waals surface area (Å²) in [6.45, 7) is 3.91. The van der Waals surface area contributed by atoms with Crippen LogP contribution in [0.5, 0.6) is 11.5 Å². The molecule has 28 heavy (non-hydrogen) atoms. The first-order valence-corrected chi connectivity index (χ1v) is 10.5. The summed E-state index contributed by atoms with van der Waals surface area (Å²) in [5, 5.41) is 3.47. The molecule has 0 radical (unpaired) electrons. The number of carbonyl (C=O) groups is 1. The number of nitrogens with zero attached hydrogens (tertiary/aromatic N) is 1. The molecule has 3 aromatic rings. The number of methoxy groups -OCH3 is 2. The third-order valence-electron chi connectivity index (χ3n) is 4.20. The maximum absolute atomic E-state index is 12.3. The van der Waals surface area contributed by atoms with Crippen LogP contribution in [0.2, 0.25) is 0 Å². The second-order valence-corrected chi connectivity index (χ2v) is 8.31. The number of aromatic amines is 1. The van der Waals surface area contributed by atoms with Gasteiger partial charge in [0.2, 0.25) is 5.91 Å². The first-order chi connectivity index (χ1) is 13.4. The molecule has 0 saturated carbocycles. The van der Waals surface area contributed by atoms with Crippen LogP contribution >= 0.6 is 23.1 Å². The Kier molecular flexibility index (Phi) is 6.25. The molecule has 1 amide bonds. The Hall–Kier alpha value is -2.52. The number of aryl methyl sites for hydroxylation is 2. The summed E-state index contributed by atoms with van der Waals surface area (Å²) in [6, 6.07) is 5.18. The van der Waals surface area contributed by atoms with E-state index < -0.39 is 0 Å². The second-order valence-electron chi connectivity index (χ2n) is 6.12. The van der Waals surface area contributed by atoms with Gasteiger partial charge in [0.15, 0.2) is 0 Å². The van der Waals surface area contributed by atoms with Crippen molar-refractivity contribution >= 4 is 44.9 Å². The molecule has 1 aromatic carbocycles. The quantitative estimate of drug-likeness (QED) is 0.609. The molecule has 9 heteroatoms. The fraction of sp³-hybridized carbons (Fsp3) is 0.316. The van der Waals surface area contributed by atoms with E-state index in [1.165, 1.54) is 23.1 Å². The zero-order chi connectivity index (χ0) is 20.3. The standard InChI is InChI=1S/C19H21N3O4S2/c1-10-11(2)28-19-17(10)18(24)21-15(22-19)8-27-9-16(23)20-12-5-13(25-3)7-14(6-12)26-4/h5-7H,8-9H2,1-4H3,(H,20,23)(H,21,22,24). The molecular formula is C19H21N3O4S2. The van der Waals surface area contributed by atoms with Crippen molar-refractivity contribution in [2.45, 2.75) is 19.6 Å². The highest BCUT2D eigenvalue weighted by atomic mass is 32.2. The van der Waals surface area contributed by atoms with Crippen LogP contribution in [-0.4, -0.2) is 35.8 Å². The predicted octanol–water partition coefficient (Wildman–Crippen LogP) is 3.49. The smallest absolute Gasteiger partial charge is 0.259 e. The fourth-order valence-electron chi connectivity index (χ4n) is 2.68. The molecule has 0 bridgehead atoms. The number of nitrogens with one attached hydrogen (secondary N) is 2. The molecule has 0 unspecified atom stereocenters. The van der Waals surface area contributed by atoms with E-state index in [4.69, 9.17) is 9.47 Å². The van der Waals surface area contributed by atoms with Crippen molar-refractivity contribution < 1.29 is 14.3 Å². The first-order valence-electron chi connectivity index (χ1n) is 8.50. The number of benzene rings is 1. The average Bonchev–Trinajstić information content (AvgIpc) is 2.95. The number of thiophene rings is 1. The first kappa shape index (κ1) is 20.2. The van der Waals surface area contributed by atoms with Gasteiger partial charge in [0.25, 0.3) is 5.56 Å². The van der Waals surface area contributed by atoms with Gasteiger partial charge >= 0.3 is 0 Å². The molecule has 148 valence electrons. The van der Waals surface area contributed by atoms with Crippen molar-refractivity contribution in [3.63, 3.8) is 0 Å². The monoisotopic (exact) mass is 419 g/mol. The lowest BCUT2D eigenvalue weighted by Crippen LogP contribution is -2.15. The lowest BCUT2D eigenvalue weighted by molar-refractivity contribution is -0.113. The van der Waals surface area contributed by atoms with Crippen LogP contribution in [-0.2, 0) is 10.5 Å². The maximum Gasteiger partial charge on any atom is 0.259 e. The summed E-state index contributed by atoms with van der Waals surface area (Å²) < 4.78 is 10.4.